The second-order valence-electron chi connectivity index (χ2n) is 6.52. The quantitative estimate of drug-likeness (QED) is 0.668. The molecule has 1 amide bonds. The van der Waals surface area contributed by atoms with E-state index in [1.54, 1.807) is 6.20 Å². The number of aromatic nitrogens is 2. The van der Waals surface area contributed by atoms with E-state index < -0.39 is 0 Å². The number of nitrogens with zero attached hydrogens (tertiary/aromatic N) is 3. The number of rotatable bonds is 8. The number of likely N-dealkylation sites (N-methyl/N-ethyl adjacent to an activating group) is 1. The number of nitrogens with one attached hydrogen (secondary N) is 1. The van der Waals surface area contributed by atoms with Crippen molar-refractivity contribution in [3.05, 3.63) is 72.1 Å². The van der Waals surface area contributed by atoms with Crippen LogP contribution in [0.5, 0.6) is 0 Å². The molecule has 0 bridgehead atoms. The maximum atomic E-state index is 12.6. The van der Waals surface area contributed by atoms with E-state index in [2.05, 4.69) is 58.3 Å². The summed E-state index contributed by atoms with van der Waals surface area (Å²) in [6, 6.07) is 18.2. The molecule has 5 nitrogen and oxygen atoms in total. The SMILES string of the molecule is CCN(CC)C(CNC(=O)c1cnc2ccccc2n1)Cc1ccccc1. The predicted octanol–water partition coefficient (Wildman–Crippen LogP) is 3.31. The number of hydrogen-bond acceptors (Lipinski definition) is 4. The fourth-order valence-electron chi connectivity index (χ4n) is 3.32. The van der Waals surface area contributed by atoms with Gasteiger partial charge in [0.25, 0.3) is 5.91 Å². The minimum absolute atomic E-state index is 0.182. The number of carbonyl (C=O) groups is 1. The van der Waals surface area contributed by atoms with Gasteiger partial charge in [-0.3, -0.25) is 14.7 Å². The summed E-state index contributed by atoms with van der Waals surface area (Å²) in [6.45, 7) is 6.76. The molecule has 140 valence electrons. The molecule has 0 saturated heterocycles. The number of para-hydroxylation sites is 2. The Morgan fingerprint density at radius 3 is 2.37 bits per heavy atom. The molecule has 3 rings (SSSR count). The van der Waals surface area contributed by atoms with E-state index in [9.17, 15) is 4.79 Å². The fourth-order valence-corrected chi connectivity index (χ4v) is 3.32. The van der Waals surface area contributed by atoms with Crippen LogP contribution < -0.4 is 5.32 Å². The highest BCUT2D eigenvalue weighted by atomic mass is 16.1. The molecule has 0 aliphatic carbocycles. The first-order valence-electron chi connectivity index (χ1n) is 9.49. The summed E-state index contributed by atoms with van der Waals surface area (Å²) in [7, 11) is 0. The summed E-state index contributed by atoms with van der Waals surface area (Å²) in [5, 5.41) is 3.05. The molecule has 0 spiro atoms. The molecule has 0 aliphatic rings. The molecule has 27 heavy (non-hydrogen) atoms. The Bertz CT molecular complexity index is 878. The standard InChI is InChI=1S/C22H26N4O/c1-3-26(4-2)18(14-17-10-6-5-7-11-17)15-24-22(27)21-16-23-19-12-8-9-13-20(19)25-21/h5-13,16,18H,3-4,14-15H2,1-2H3,(H,24,27). The van der Waals surface area contributed by atoms with Crippen LogP contribution in [0.15, 0.2) is 60.8 Å². The van der Waals surface area contributed by atoms with Crippen LogP contribution in [0.25, 0.3) is 11.0 Å². The monoisotopic (exact) mass is 362 g/mol. The third-order valence-electron chi connectivity index (χ3n) is 4.82. The maximum absolute atomic E-state index is 12.6. The Labute approximate surface area is 160 Å². The average molecular weight is 362 g/mol. The van der Waals surface area contributed by atoms with Crippen LogP contribution in [0.1, 0.15) is 29.9 Å². The maximum Gasteiger partial charge on any atom is 0.271 e. The lowest BCUT2D eigenvalue weighted by Gasteiger charge is -2.30. The summed E-state index contributed by atoms with van der Waals surface area (Å²) in [5.41, 5.74) is 3.15. The Kier molecular flexibility index (Phi) is 6.49. The second kappa shape index (κ2) is 9.24. The topological polar surface area (TPSA) is 58.1 Å². The van der Waals surface area contributed by atoms with Crippen molar-refractivity contribution in [3.63, 3.8) is 0 Å². The van der Waals surface area contributed by atoms with Crippen molar-refractivity contribution in [1.29, 1.82) is 0 Å². The molecular weight excluding hydrogens is 336 g/mol. The van der Waals surface area contributed by atoms with E-state index in [0.29, 0.717) is 12.2 Å². The Hall–Kier alpha value is -2.79. The van der Waals surface area contributed by atoms with E-state index in [-0.39, 0.29) is 11.9 Å². The zero-order valence-corrected chi connectivity index (χ0v) is 15.9. The first kappa shape index (κ1) is 19.0. The molecule has 3 aromatic rings. The van der Waals surface area contributed by atoms with Crippen molar-refractivity contribution < 1.29 is 4.79 Å². The van der Waals surface area contributed by atoms with Crippen LogP contribution in [-0.4, -0.2) is 46.5 Å². The van der Waals surface area contributed by atoms with Crippen LogP contribution in [0, 0.1) is 0 Å². The molecule has 0 fully saturated rings. The van der Waals surface area contributed by atoms with Crippen molar-refractivity contribution in [2.45, 2.75) is 26.3 Å². The minimum Gasteiger partial charge on any atom is -0.349 e. The highest BCUT2D eigenvalue weighted by Crippen LogP contribution is 2.10. The molecule has 1 N–H and O–H groups in total. The summed E-state index contributed by atoms with van der Waals surface area (Å²) >= 11 is 0. The molecule has 0 aliphatic heterocycles. The Balaban J connectivity index is 1.70. The summed E-state index contributed by atoms with van der Waals surface area (Å²) in [5.74, 6) is -0.182. The van der Waals surface area contributed by atoms with Crippen molar-refractivity contribution in [2.75, 3.05) is 19.6 Å². The van der Waals surface area contributed by atoms with Gasteiger partial charge in [0, 0.05) is 12.6 Å². The van der Waals surface area contributed by atoms with Gasteiger partial charge in [-0.1, -0.05) is 56.3 Å². The lowest BCUT2D eigenvalue weighted by molar-refractivity contribution is 0.0929. The van der Waals surface area contributed by atoms with Crippen molar-refractivity contribution in [1.82, 2.24) is 20.2 Å². The minimum atomic E-state index is -0.182. The second-order valence-corrected chi connectivity index (χ2v) is 6.52. The van der Waals surface area contributed by atoms with Crippen LogP contribution in [-0.2, 0) is 6.42 Å². The predicted molar refractivity (Wildman–Crippen MR) is 109 cm³/mol. The van der Waals surface area contributed by atoms with Crippen LogP contribution in [0.2, 0.25) is 0 Å². The first-order chi connectivity index (χ1) is 13.2. The van der Waals surface area contributed by atoms with Gasteiger partial charge < -0.3 is 5.32 Å². The average Bonchev–Trinajstić information content (AvgIpc) is 2.72. The Morgan fingerprint density at radius 1 is 1.00 bits per heavy atom. The van der Waals surface area contributed by atoms with Gasteiger partial charge in [-0.15, -0.1) is 0 Å². The zero-order chi connectivity index (χ0) is 19.1. The van der Waals surface area contributed by atoms with E-state index in [0.717, 1.165) is 30.5 Å². The lowest BCUT2D eigenvalue weighted by atomic mass is 10.0. The number of carbonyl (C=O) groups excluding carboxylic acids is 1. The third kappa shape index (κ3) is 4.89. The summed E-state index contributed by atoms with van der Waals surface area (Å²) in [6.07, 6.45) is 2.44. The van der Waals surface area contributed by atoms with Gasteiger partial charge in [0.2, 0.25) is 0 Å². The third-order valence-corrected chi connectivity index (χ3v) is 4.82. The first-order valence-corrected chi connectivity index (χ1v) is 9.49. The molecule has 5 heteroatoms. The van der Waals surface area contributed by atoms with Crippen molar-refractivity contribution in [2.24, 2.45) is 0 Å². The number of fused-ring (bicyclic) bond motifs is 1. The van der Waals surface area contributed by atoms with Gasteiger partial charge in [-0.05, 0) is 37.2 Å². The van der Waals surface area contributed by atoms with Gasteiger partial charge in [-0.2, -0.15) is 0 Å². The van der Waals surface area contributed by atoms with Gasteiger partial charge in [0.1, 0.15) is 5.69 Å². The highest BCUT2D eigenvalue weighted by molar-refractivity contribution is 5.93. The molecule has 1 atom stereocenters. The van der Waals surface area contributed by atoms with E-state index in [1.807, 2.05) is 30.3 Å². The van der Waals surface area contributed by atoms with Gasteiger partial charge in [0.05, 0.1) is 17.2 Å². The molecule has 1 unspecified atom stereocenters. The van der Waals surface area contributed by atoms with Crippen LogP contribution in [0.4, 0.5) is 0 Å². The fraction of sp³-hybridized carbons (Fsp3) is 0.318. The molecule has 1 heterocycles. The van der Waals surface area contributed by atoms with Crippen LogP contribution in [0.3, 0.4) is 0 Å². The van der Waals surface area contributed by atoms with E-state index in [1.165, 1.54) is 5.56 Å². The van der Waals surface area contributed by atoms with Crippen molar-refractivity contribution >= 4 is 16.9 Å². The lowest BCUT2D eigenvalue weighted by Crippen LogP contribution is -2.45. The number of benzene rings is 2. The summed E-state index contributed by atoms with van der Waals surface area (Å²) < 4.78 is 0. The molecule has 0 radical (unpaired) electrons. The molecule has 1 aromatic heterocycles. The zero-order valence-electron chi connectivity index (χ0n) is 15.9. The molecular formula is C22H26N4O. The van der Waals surface area contributed by atoms with E-state index in [4.69, 9.17) is 0 Å². The van der Waals surface area contributed by atoms with Gasteiger partial charge in [-0.25, -0.2) is 4.98 Å². The Morgan fingerprint density at radius 2 is 1.67 bits per heavy atom. The van der Waals surface area contributed by atoms with Crippen LogP contribution >= 0.6 is 0 Å². The number of hydrogen-bond donors (Lipinski definition) is 1. The number of amides is 1. The van der Waals surface area contributed by atoms with E-state index >= 15 is 0 Å². The van der Waals surface area contributed by atoms with Crippen molar-refractivity contribution in [3.8, 4) is 0 Å². The normalized spacial score (nSPS) is 12.3. The molecule has 2 aromatic carbocycles. The van der Waals surface area contributed by atoms with Gasteiger partial charge >= 0.3 is 0 Å². The van der Waals surface area contributed by atoms with Gasteiger partial charge in [0.15, 0.2) is 0 Å². The highest BCUT2D eigenvalue weighted by Gasteiger charge is 2.18. The molecule has 0 saturated carbocycles. The largest absolute Gasteiger partial charge is 0.349 e. The summed E-state index contributed by atoms with van der Waals surface area (Å²) in [4.78, 5) is 23.8. The smallest absolute Gasteiger partial charge is 0.271 e.